The lowest BCUT2D eigenvalue weighted by molar-refractivity contribution is 0.212. The van der Waals surface area contributed by atoms with Gasteiger partial charge in [-0.05, 0) is 38.5 Å². The van der Waals surface area contributed by atoms with Crippen molar-refractivity contribution in [2.45, 2.75) is 32.9 Å². The molecule has 0 radical (unpaired) electrons. The van der Waals surface area contributed by atoms with Crippen LogP contribution >= 0.6 is 0 Å². The van der Waals surface area contributed by atoms with Gasteiger partial charge in [-0.15, -0.1) is 0 Å². The van der Waals surface area contributed by atoms with Gasteiger partial charge in [0.2, 0.25) is 0 Å². The lowest BCUT2D eigenvalue weighted by Crippen LogP contribution is -2.30. The van der Waals surface area contributed by atoms with Gasteiger partial charge in [-0.3, -0.25) is 0 Å². The van der Waals surface area contributed by atoms with E-state index in [0.29, 0.717) is 6.04 Å². The van der Waals surface area contributed by atoms with Crippen LogP contribution in [0.2, 0.25) is 0 Å². The normalized spacial score (nSPS) is 13.8. The minimum Gasteiger partial charge on any atom is -0.489 e. The molecule has 2 aromatic rings. The molecular weight excluding hydrogens is 246 g/mol. The molecule has 2 heteroatoms. The van der Waals surface area contributed by atoms with Crippen molar-refractivity contribution in [1.82, 2.24) is 5.32 Å². The van der Waals surface area contributed by atoms with E-state index in [4.69, 9.17) is 4.74 Å². The Bertz CT molecular complexity index is 507. The van der Waals surface area contributed by atoms with Crippen LogP contribution in [0.4, 0.5) is 0 Å². The Hall–Kier alpha value is -1.80. The molecule has 0 unspecified atom stereocenters. The van der Waals surface area contributed by atoms with E-state index in [2.05, 4.69) is 62.5 Å². The van der Waals surface area contributed by atoms with Gasteiger partial charge in [0, 0.05) is 12.6 Å². The van der Waals surface area contributed by atoms with E-state index in [-0.39, 0.29) is 6.10 Å². The number of benzene rings is 2. The second-order valence-electron chi connectivity index (χ2n) is 5.28. The number of aryl methyl sites for hydroxylation is 1. The Balaban J connectivity index is 1.80. The van der Waals surface area contributed by atoms with Gasteiger partial charge in [0.25, 0.3) is 0 Å². The molecule has 106 valence electrons. The Morgan fingerprint density at radius 3 is 2.25 bits per heavy atom. The lowest BCUT2D eigenvalue weighted by atomic mass is 10.1. The zero-order valence-corrected chi connectivity index (χ0v) is 12.5. The summed E-state index contributed by atoms with van der Waals surface area (Å²) in [6.07, 6.45) is 0.142. The number of hydrogen-bond acceptors (Lipinski definition) is 2. The van der Waals surface area contributed by atoms with Gasteiger partial charge in [-0.2, -0.15) is 0 Å². The molecule has 2 nitrogen and oxygen atoms in total. The first-order valence-corrected chi connectivity index (χ1v) is 7.17. The fourth-order valence-electron chi connectivity index (χ4n) is 2.09. The van der Waals surface area contributed by atoms with Crippen LogP contribution in [0.3, 0.4) is 0 Å². The maximum Gasteiger partial charge on any atom is 0.119 e. The first-order valence-electron chi connectivity index (χ1n) is 7.17. The second kappa shape index (κ2) is 7.11. The molecule has 0 saturated heterocycles. The minimum atomic E-state index is 0.142. The highest BCUT2D eigenvalue weighted by Crippen LogP contribution is 2.14. The summed E-state index contributed by atoms with van der Waals surface area (Å²) in [5.41, 5.74) is 2.55. The van der Waals surface area contributed by atoms with Crippen LogP contribution in [0.1, 0.15) is 31.0 Å². The third-order valence-electron chi connectivity index (χ3n) is 3.37. The van der Waals surface area contributed by atoms with E-state index in [1.165, 1.54) is 11.1 Å². The minimum absolute atomic E-state index is 0.142. The van der Waals surface area contributed by atoms with Crippen molar-refractivity contribution in [3.05, 3.63) is 65.7 Å². The van der Waals surface area contributed by atoms with Gasteiger partial charge in [0.15, 0.2) is 0 Å². The molecule has 0 spiro atoms. The highest BCUT2D eigenvalue weighted by molar-refractivity contribution is 5.26. The topological polar surface area (TPSA) is 21.3 Å². The summed E-state index contributed by atoms with van der Waals surface area (Å²) >= 11 is 0. The van der Waals surface area contributed by atoms with Crippen molar-refractivity contribution in [2.24, 2.45) is 0 Å². The third-order valence-corrected chi connectivity index (χ3v) is 3.37. The number of ether oxygens (including phenoxy) is 1. The van der Waals surface area contributed by atoms with Gasteiger partial charge in [-0.1, -0.05) is 48.0 Å². The van der Waals surface area contributed by atoms with Crippen LogP contribution in [0.15, 0.2) is 54.6 Å². The number of rotatable bonds is 6. The maximum absolute atomic E-state index is 5.89. The van der Waals surface area contributed by atoms with Gasteiger partial charge < -0.3 is 10.1 Å². The van der Waals surface area contributed by atoms with E-state index >= 15 is 0 Å². The highest BCUT2D eigenvalue weighted by atomic mass is 16.5. The van der Waals surface area contributed by atoms with E-state index in [9.17, 15) is 0 Å². The summed E-state index contributed by atoms with van der Waals surface area (Å²) in [6.45, 7) is 7.17. The molecule has 0 aliphatic carbocycles. The molecule has 20 heavy (non-hydrogen) atoms. The van der Waals surface area contributed by atoms with Crippen molar-refractivity contribution >= 4 is 0 Å². The fraction of sp³-hybridized carbons (Fsp3) is 0.333. The van der Waals surface area contributed by atoms with Crippen LogP contribution in [0.25, 0.3) is 0 Å². The highest BCUT2D eigenvalue weighted by Gasteiger charge is 2.08. The van der Waals surface area contributed by atoms with Crippen LogP contribution in [-0.2, 0) is 0 Å². The smallest absolute Gasteiger partial charge is 0.119 e. The molecule has 0 aromatic heterocycles. The van der Waals surface area contributed by atoms with Crippen LogP contribution in [-0.4, -0.2) is 12.6 Å². The summed E-state index contributed by atoms with van der Waals surface area (Å²) in [5.74, 6) is 0.928. The van der Waals surface area contributed by atoms with Crippen LogP contribution in [0, 0.1) is 6.92 Å². The molecule has 0 amide bonds. The molecular formula is C18H23NO. The van der Waals surface area contributed by atoms with E-state index < -0.39 is 0 Å². The average Bonchev–Trinajstić information content (AvgIpc) is 2.48. The van der Waals surface area contributed by atoms with Gasteiger partial charge in [0.05, 0.1) is 0 Å². The number of hydrogen-bond donors (Lipinski definition) is 1. The quantitative estimate of drug-likeness (QED) is 0.852. The summed E-state index contributed by atoms with van der Waals surface area (Å²) in [6, 6.07) is 19.0. The van der Waals surface area contributed by atoms with Crippen molar-refractivity contribution < 1.29 is 4.74 Å². The summed E-state index contributed by atoms with van der Waals surface area (Å²) < 4.78 is 5.89. The first kappa shape index (κ1) is 14.6. The van der Waals surface area contributed by atoms with Gasteiger partial charge in [-0.25, -0.2) is 0 Å². The fourth-order valence-corrected chi connectivity index (χ4v) is 2.09. The predicted octanol–water partition coefficient (Wildman–Crippen LogP) is 4.11. The maximum atomic E-state index is 5.89. The van der Waals surface area contributed by atoms with Crippen molar-refractivity contribution in [2.75, 3.05) is 6.54 Å². The van der Waals surface area contributed by atoms with Gasteiger partial charge >= 0.3 is 0 Å². The van der Waals surface area contributed by atoms with Crippen molar-refractivity contribution in [1.29, 1.82) is 0 Å². The molecule has 2 rings (SSSR count). The Morgan fingerprint density at radius 1 is 0.950 bits per heavy atom. The Morgan fingerprint density at radius 2 is 1.60 bits per heavy atom. The monoisotopic (exact) mass is 269 g/mol. The number of nitrogens with one attached hydrogen (secondary N) is 1. The van der Waals surface area contributed by atoms with Crippen LogP contribution < -0.4 is 10.1 Å². The molecule has 1 N–H and O–H groups in total. The molecule has 0 bridgehead atoms. The van der Waals surface area contributed by atoms with Crippen molar-refractivity contribution in [3.8, 4) is 5.75 Å². The Kier molecular flexibility index (Phi) is 5.19. The standard InChI is InChI=1S/C18H23NO/c1-14-9-11-18(12-10-14)20-15(2)13-19-16(3)17-7-5-4-6-8-17/h4-12,15-16,19H,13H2,1-3H3/t15-,16+/m1/s1. The molecule has 0 fully saturated rings. The first-order chi connectivity index (χ1) is 9.65. The third kappa shape index (κ3) is 4.39. The van der Waals surface area contributed by atoms with E-state index in [1.807, 2.05) is 18.2 Å². The largest absolute Gasteiger partial charge is 0.489 e. The van der Waals surface area contributed by atoms with E-state index in [1.54, 1.807) is 0 Å². The summed E-state index contributed by atoms with van der Waals surface area (Å²) in [4.78, 5) is 0. The SMILES string of the molecule is Cc1ccc(O[C@H](C)CN[C@@H](C)c2ccccc2)cc1. The molecule has 2 aromatic carbocycles. The average molecular weight is 269 g/mol. The predicted molar refractivity (Wildman–Crippen MR) is 84.1 cm³/mol. The zero-order valence-electron chi connectivity index (χ0n) is 12.5. The second-order valence-corrected chi connectivity index (χ2v) is 5.28. The summed E-state index contributed by atoms with van der Waals surface area (Å²) in [7, 11) is 0. The molecule has 0 heterocycles. The lowest BCUT2D eigenvalue weighted by Gasteiger charge is -2.19. The molecule has 0 saturated carbocycles. The van der Waals surface area contributed by atoms with Crippen LogP contribution in [0.5, 0.6) is 5.75 Å². The molecule has 0 aliphatic rings. The van der Waals surface area contributed by atoms with Crippen molar-refractivity contribution in [3.63, 3.8) is 0 Å². The zero-order chi connectivity index (χ0) is 14.4. The Labute approximate surface area is 121 Å². The van der Waals surface area contributed by atoms with E-state index in [0.717, 1.165) is 12.3 Å². The molecule has 2 atom stereocenters. The van der Waals surface area contributed by atoms with Gasteiger partial charge in [0.1, 0.15) is 11.9 Å². The summed E-state index contributed by atoms with van der Waals surface area (Å²) in [5, 5.41) is 3.51. The molecule has 0 aliphatic heterocycles.